The first kappa shape index (κ1) is 32.2. The second-order valence-corrected chi connectivity index (χ2v) is 8.22. The first-order valence-corrected chi connectivity index (χ1v) is 13.0. The lowest BCUT2D eigenvalue weighted by atomic mass is 10.4. The van der Waals surface area contributed by atoms with Crippen molar-refractivity contribution in [2.24, 2.45) is 0 Å². The summed E-state index contributed by atoms with van der Waals surface area (Å²) in [6, 6.07) is 0. The number of nitrogens with zero attached hydrogens (tertiary/aromatic N) is 3. The molecular formula is C24H46N4O8. The maximum Gasteiger partial charge on any atom is 0.320 e. The summed E-state index contributed by atoms with van der Waals surface area (Å²) < 4.78 is 26.9. The third-order valence-corrected chi connectivity index (χ3v) is 5.39. The largest absolute Gasteiger partial charge is 0.465 e. The van der Waals surface area contributed by atoms with Gasteiger partial charge in [-0.15, -0.1) is 0 Å². The molecule has 0 aromatic rings. The predicted molar refractivity (Wildman–Crippen MR) is 134 cm³/mol. The molecule has 0 aromatic heterocycles. The van der Waals surface area contributed by atoms with Gasteiger partial charge in [0.2, 0.25) is 0 Å². The third-order valence-electron chi connectivity index (χ3n) is 5.39. The lowest BCUT2D eigenvalue weighted by Crippen LogP contribution is -2.43. The van der Waals surface area contributed by atoms with Gasteiger partial charge in [-0.3, -0.25) is 29.1 Å². The molecule has 0 aromatic carbocycles. The van der Waals surface area contributed by atoms with Gasteiger partial charge in [0.05, 0.1) is 65.9 Å². The summed E-state index contributed by atoms with van der Waals surface area (Å²) in [7, 11) is 0. The van der Waals surface area contributed by atoms with Crippen LogP contribution in [-0.4, -0.2) is 151 Å². The molecule has 1 heterocycles. The summed E-state index contributed by atoms with van der Waals surface area (Å²) in [6.45, 7) is 13.6. The second-order valence-electron chi connectivity index (χ2n) is 8.22. The highest BCUT2D eigenvalue weighted by molar-refractivity contribution is 5.72. The van der Waals surface area contributed by atoms with Crippen LogP contribution in [0.15, 0.2) is 0 Å². The Morgan fingerprint density at radius 1 is 0.583 bits per heavy atom. The second kappa shape index (κ2) is 21.3. The van der Waals surface area contributed by atoms with Crippen molar-refractivity contribution in [2.45, 2.75) is 20.8 Å². The zero-order chi connectivity index (χ0) is 26.4. The summed E-state index contributed by atoms with van der Waals surface area (Å²) in [5.41, 5.74) is 0. The van der Waals surface area contributed by atoms with Crippen LogP contribution in [0.1, 0.15) is 20.8 Å². The first-order valence-electron chi connectivity index (χ1n) is 13.0. The lowest BCUT2D eigenvalue weighted by Gasteiger charge is -2.27. The normalized spacial score (nSPS) is 19.1. The van der Waals surface area contributed by atoms with Crippen LogP contribution in [0.3, 0.4) is 0 Å². The number of carbonyl (C=O) groups is 3. The quantitative estimate of drug-likeness (QED) is 0.305. The van der Waals surface area contributed by atoms with E-state index in [1.165, 1.54) is 0 Å². The average molecular weight is 519 g/mol. The molecule has 1 aliphatic rings. The molecule has 0 aliphatic carbocycles. The first-order chi connectivity index (χ1) is 17.5. The van der Waals surface area contributed by atoms with E-state index in [1.807, 2.05) is 14.7 Å². The van der Waals surface area contributed by atoms with Crippen LogP contribution in [0.5, 0.6) is 0 Å². The molecule has 0 saturated carbocycles. The Balaban J connectivity index is 2.74. The summed E-state index contributed by atoms with van der Waals surface area (Å²) in [5, 5.41) is 3.32. The molecule has 0 unspecified atom stereocenters. The minimum atomic E-state index is -0.298. The summed E-state index contributed by atoms with van der Waals surface area (Å²) in [5.74, 6) is -0.835. The van der Waals surface area contributed by atoms with Gasteiger partial charge in [0, 0.05) is 52.4 Å². The van der Waals surface area contributed by atoms with Crippen LogP contribution in [0.25, 0.3) is 0 Å². The van der Waals surface area contributed by atoms with Crippen molar-refractivity contribution in [1.29, 1.82) is 0 Å². The van der Waals surface area contributed by atoms with Crippen molar-refractivity contribution in [2.75, 3.05) is 118 Å². The summed E-state index contributed by atoms with van der Waals surface area (Å²) in [6.07, 6.45) is 0. The highest BCUT2D eigenvalue weighted by Gasteiger charge is 2.17. The number of carbonyl (C=O) groups excluding carboxylic acids is 3. The molecule has 12 heteroatoms. The Bertz CT molecular complexity index is 611. The Hall–Kier alpha value is -1.83. The van der Waals surface area contributed by atoms with Gasteiger partial charge in [-0.1, -0.05) is 0 Å². The number of hydrogen-bond donors (Lipinski definition) is 1. The van der Waals surface area contributed by atoms with Crippen molar-refractivity contribution < 1.29 is 38.1 Å². The fraction of sp³-hybridized carbons (Fsp3) is 0.875. The fourth-order valence-electron chi connectivity index (χ4n) is 3.55. The molecule has 1 saturated heterocycles. The summed E-state index contributed by atoms with van der Waals surface area (Å²) in [4.78, 5) is 42.0. The van der Waals surface area contributed by atoms with Gasteiger partial charge in [0.15, 0.2) is 0 Å². The average Bonchev–Trinajstić information content (AvgIpc) is 2.83. The number of rotatable bonds is 9. The molecule has 0 bridgehead atoms. The zero-order valence-corrected chi connectivity index (χ0v) is 22.3. The number of esters is 3. The van der Waals surface area contributed by atoms with Gasteiger partial charge in [0.1, 0.15) is 0 Å². The van der Waals surface area contributed by atoms with Crippen LogP contribution >= 0.6 is 0 Å². The maximum absolute atomic E-state index is 12.1. The van der Waals surface area contributed by atoms with Crippen molar-refractivity contribution >= 4 is 17.9 Å². The van der Waals surface area contributed by atoms with Gasteiger partial charge in [-0.2, -0.15) is 0 Å². The topological polar surface area (TPSA) is 119 Å². The van der Waals surface area contributed by atoms with Crippen molar-refractivity contribution in [3.05, 3.63) is 0 Å². The van der Waals surface area contributed by atoms with E-state index >= 15 is 0 Å². The molecule has 1 fully saturated rings. The number of ether oxygens (including phenoxy) is 5. The molecule has 1 aliphatic heterocycles. The number of hydrogen-bond acceptors (Lipinski definition) is 12. The molecule has 0 spiro atoms. The monoisotopic (exact) mass is 518 g/mol. The van der Waals surface area contributed by atoms with E-state index in [0.717, 1.165) is 0 Å². The summed E-state index contributed by atoms with van der Waals surface area (Å²) >= 11 is 0. The van der Waals surface area contributed by atoms with E-state index in [1.54, 1.807) is 20.8 Å². The molecule has 1 rings (SSSR count). The highest BCUT2D eigenvalue weighted by Crippen LogP contribution is 1.98. The molecule has 36 heavy (non-hydrogen) atoms. The van der Waals surface area contributed by atoms with Crippen LogP contribution in [0.2, 0.25) is 0 Å². The van der Waals surface area contributed by atoms with E-state index in [0.29, 0.717) is 98.6 Å². The predicted octanol–water partition coefficient (Wildman–Crippen LogP) is -0.782. The Kier molecular flexibility index (Phi) is 19.0. The molecule has 1 N–H and O–H groups in total. The van der Waals surface area contributed by atoms with E-state index in [2.05, 4.69) is 5.32 Å². The standard InChI is InChI=1S/C24H46N4O8/c1-4-34-22(29)19-26-9-7-25-8-15-32-16-13-27(20-23(30)35-5-2)10-11-28(14-18-33-17-12-26)21-24(31)36-6-3/h25H,4-21H2,1-3H3. The van der Waals surface area contributed by atoms with Gasteiger partial charge in [-0.05, 0) is 20.8 Å². The van der Waals surface area contributed by atoms with E-state index in [9.17, 15) is 14.4 Å². The van der Waals surface area contributed by atoms with Crippen molar-refractivity contribution in [3.63, 3.8) is 0 Å². The Morgan fingerprint density at radius 3 is 1.39 bits per heavy atom. The Labute approximate surface area is 215 Å². The van der Waals surface area contributed by atoms with Gasteiger partial charge < -0.3 is 29.0 Å². The van der Waals surface area contributed by atoms with Gasteiger partial charge in [0.25, 0.3) is 0 Å². The van der Waals surface area contributed by atoms with Crippen molar-refractivity contribution in [3.8, 4) is 0 Å². The molecule has 12 nitrogen and oxygen atoms in total. The van der Waals surface area contributed by atoms with Crippen LogP contribution in [-0.2, 0) is 38.1 Å². The Morgan fingerprint density at radius 2 is 0.972 bits per heavy atom. The highest BCUT2D eigenvalue weighted by atomic mass is 16.5. The van der Waals surface area contributed by atoms with E-state index < -0.39 is 0 Å². The smallest absolute Gasteiger partial charge is 0.320 e. The molecule has 0 amide bonds. The minimum absolute atomic E-state index is 0.140. The maximum atomic E-state index is 12.1. The van der Waals surface area contributed by atoms with Gasteiger partial charge in [-0.25, -0.2) is 0 Å². The van der Waals surface area contributed by atoms with E-state index in [-0.39, 0.29) is 37.5 Å². The lowest BCUT2D eigenvalue weighted by molar-refractivity contribution is -0.146. The minimum Gasteiger partial charge on any atom is -0.465 e. The molecule has 210 valence electrons. The number of nitrogens with one attached hydrogen (secondary N) is 1. The van der Waals surface area contributed by atoms with Crippen LogP contribution in [0, 0.1) is 0 Å². The molecule has 0 radical (unpaired) electrons. The van der Waals surface area contributed by atoms with E-state index in [4.69, 9.17) is 23.7 Å². The third kappa shape index (κ3) is 16.8. The fourth-order valence-corrected chi connectivity index (χ4v) is 3.55. The molecular weight excluding hydrogens is 472 g/mol. The van der Waals surface area contributed by atoms with Crippen molar-refractivity contribution in [1.82, 2.24) is 20.0 Å². The van der Waals surface area contributed by atoms with Crippen LogP contribution < -0.4 is 5.32 Å². The van der Waals surface area contributed by atoms with Crippen LogP contribution in [0.4, 0.5) is 0 Å². The van der Waals surface area contributed by atoms with Gasteiger partial charge >= 0.3 is 17.9 Å². The zero-order valence-electron chi connectivity index (χ0n) is 22.3. The molecule has 0 atom stereocenters. The SMILES string of the molecule is CCOC(=O)CN1CCNCCOCCN(CC(=O)OCC)CCN(CC(=O)OCC)CCOCC1.